The maximum absolute atomic E-state index is 14.7. The molecule has 2 atom stereocenters. The van der Waals surface area contributed by atoms with Crippen molar-refractivity contribution in [3.63, 3.8) is 0 Å². The van der Waals surface area contributed by atoms with E-state index in [1.165, 1.54) is 36.4 Å². The first kappa shape index (κ1) is 68.3. The zero-order valence-electron chi connectivity index (χ0n) is 55.1. The lowest BCUT2D eigenvalue weighted by atomic mass is 9.98. The van der Waals surface area contributed by atoms with Gasteiger partial charge in [-0.1, -0.05) is 34.8 Å². The predicted octanol–water partition coefficient (Wildman–Crippen LogP) is 17.0. The zero-order valence-corrected chi connectivity index (χ0v) is 57.4. The molecule has 1 fully saturated rings. The minimum absolute atomic E-state index is 0.0584. The first-order valence-corrected chi connectivity index (χ1v) is 34.0. The topological polar surface area (TPSA) is 194 Å². The molecule has 10 aromatic heterocycles. The molecule has 0 N–H and O–H groups in total. The number of aromatic nitrogens is 10. The van der Waals surface area contributed by atoms with Gasteiger partial charge in [0.05, 0.1) is 41.7 Å². The highest BCUT2D eigenvalue weighted by Gasteiger charge is 2.22. The number of hydrogen-bond donors (Lipinski definition) is 0. The molecule has 2 unspecified atom stereocenters. The quantitative estimate of drug-likeness (QED) is 0.0887. The lowest BCUT2D eigenvalue weighted by molar-refractivity contribution is 0.0368. The van der Waals surface area contributed by atoms with Crippen molar-refractivity contribution >= 4 is 91.8 Å². The van der Waals surface area contributed by atoms with E-state index < -0.39 is 17.5 Å². The molecule has 3 aliphatic rings. The number of halogens is 6. The van der Waals surface area contributed by atoms with Crippen LogP contribution in [0.1, 0.15) is 30.4 Å². The number of aliphatic imine (C=N–C) groups is 4. The Balaban J connectivity index is 0.000000130. The lowest BCUT2D eigenvalue weighted by Gasteiger charge is -2.26. The number of benzene rings is 3. The van der Waals surface area contributed by atoms with E-state index in [2.05, 4.69) is 83.7 Å². The molecule has 0 radical (unpaired) electrons. The van der Waals surface area contributed by atoms with Gasteiger partial charge in [0.25, 0.3) is 0 Å². The number of fused-ring (bicyclic) bond motifs is 3. The van der Waals surface area contributed by atoms with Gasteiger partial charge >= 0.3 is 0 Å². The van der Waals surface area contributed by atoms with Crippen LogP contribution in [0.25, 0.3) is 111 Å². The summed E-state index contributed by atoms with van der Waals surface area (Å²) in [5.41, 5.74) is 14.4. The van der Waals surface area contributed by atoms with Crippen molar-refractivity contribution in [3.8, 4) is 78.3 Å². The first-order chi connectivity index (χ1) is 49.8. The van der Waals surface area contributed by atoms with E-state index in [0.717, 1.165) is 142 Å². The Kier molecular flexibility index (Phi) is 21.0. The molecule has 1 saturated heterocycles. The third kappa shape index (κ3) is 16.0. The van der Waals surface area contributed by atoms with Crippen molar-refractivity contribution in [3.05, 3.63) is 251 Å². The van der Waals surface area contributed by atoms with Crippen molar-refractivity contribution < 1.29 is 17.9 Å². The summed E-state index contributed by atoms with van der Waals surface area (Å²) in [6, 6.07) is 40.3. The molecule has 16 rings (SSSR count). The second-order valence-corrected chi connectivity index (χ2v) is 25.8. The number of nitrogens with zero attached hydrogens (tertiary/aromatic N) is 16. The van der Waals surface area contributed by atoms with Crippen LogP contribution in [0, 0.1) is 17.5 Å². The molecule has 102 heavy (non-hydrogen) atoms. The van der Waals surface area contributed by atoms with Crippen LogP contribution in [0.3, 0.4) is 0 Å². The fourth-order valence-corrected chi connectivity index (χ4v) is 12.7. The minimum atomic E-state index is -0.398. The van der Waals surface area contributed by atoms with Crippen LogP contribution in [0.4, 0.5) is 13.2 Å². The van der Waals surface area contributed by atoms with Gasteiger partial charge in [0, 0.05) is 188 Å². The summed E-state index contributed by atoms with van der Waals surface area (Å²) in [7, 11) is 4.13. The standard InChI is InChI=1S/C28H24ClFN6O.C27H24ClFN6.C24H14ClFN4/c29-20-3-4-24(30)23(13-20)25-14-22(21-2-1-6-32-28(21)35-25)18-12-19(16-31-15-18)26-17-33-27(34-26)5-7-36-8-10-37-11-9-36;1-35(2)10-4-6-26-32-16-25(33-26)18-11-17(14-30-15-18)21-13-24(22-12-19(28)7-8-23(22)29)34-27-20(21)5-3-9-31-27;25-18-3-4-22(26)21(11-18)23-12-20(19-2-1-7-29-24(19)30-23)17-10-16(13-28-14-17)15-5-8-27-9-6-15/h1-4,6,12-17,27H,5,7-11H2;3,5,7-9,11-16,26H,4,6,10H2,1-2H3;1-14H. The summed E-state index contributed by atoms with van der Waals surface area (Å²) in [6.07, 6.45) is 25.5. The molecule has 0 spiro atoms. The molecule has 17 nitrogen and oxygen atoms in total. The first-order valence-electron chi connectivity index (χ1n) is 32.9. The number of rotatable bonds is 16. The highest BCUT2D eigenvalue weighted by Crippen LogP contribution is 2.38. The fourth-order valence-electron chi connectivity index (χ4n) is 12.2. The fraction of sp³-hybridized carbons (Fsp3) is 0.165. The van der Waals surface area contributed by atoms with Gasteiger partial charge in [0.1, 0.15) is 29.8 Å². The molecule has 0 aliphatic carbocycles. The number of ether oxygens (including phenoxy) is 1. The van der Waals surface area contributed by atoms with E-state index in [1.807, 2.05) is 97.4 Å². The lowest BCUT2D eigenvalue weighted by Crippen LogP contribution is -2.37. The van der Waals surface area contributed by atoms with E-state index in [1.54, 1.807) is 86.4 Å². The molecule has 3 aromatic carbocycles. The molecule has 13 heterocycles. The number of hydrogen-bond acceptors (Lipinski definition) is 17. The van der Waals surface area contributed by atoms with Crippen molar-refractivity contribution in [2.75, 3.05) is 53.5 Å². The van der Waals surface area contributed by atoms with E-state index in [9.17, 15) is 13.2 Å². The van der Waals surface area contributed by atoms with Gasteiger partial charge < -0.3 is 9.64 Å². The molecule has 506 valence electrons. The van der Waals surface area contributed by atoms with E-state index in [-0.39, 0.29) is 12.3 Å². The summed E-state index contributed by atoms with van der Waals surface area (Å²) in [5.74, 6) is -1.19. The summed E-state index contributed by atoms with van der Waals surface area (Å²) in [4.78, 5) is 67.8. The smallest absolute Gasteiger partial charge is 0.160 e. The van der Waals surface area contributed by atoms with Gasteiger partial charge in [0.2, 0.25) is 0 Å². The van der Waals surface area contributed by atoms with Crippen LogP contribution in [0.5, 0.6) is 0 Å². The Labute approximate surface area is 600 Å². The maximum atomic E-state index is 14.7. The van der Waals surface area contributed by atoms with Gasteiger partial charge in [-0.15, -0.1) is 0 Å². The molecule has 0 amide bonds. The van der Waals surface area contributed by atoms with Gasteiger partial charge in [-0.3, -0.25) is 44.8 Å². The third-order valence-electron chi connectivity index (χ3n) is 17.3. The molecular weight excluding hydrogens is 1350 g/mol. The molecule has 23 heteroatoms. The molecule has 0 saturated carbocycles. The van der Waals surface area contributed by atoms with Crippen molar-refractivity contribution in [2.24, 2.45) is 20.0 Å². The highest BCUT2D eigenvalue weighted by molar-refractivity contribution is 6.40. The normalized spacial score (nSPS) is 15.0. The second kappa shape index (κ2) is 31.4. The minimum Gasteiger partial charge on any atom is -0.379 e. The Morgan fingerprint density at radius 2 is 0.833 bits per heavy atom. The maximum Gasteiger partial charge on any atom is 0.160 e. The number of pyridine rings is 10. The van der Waals surface area contributed by atoms with Crippen LogP contribution in [-0.2, 0) is 4.74 Å². The van der Waals surface area contributed by atoms with Crippen LogP contribution in [0.15, 0.2) is 228 Å². The van der Waals surface area contributed by atoms with Gasteiger partial charge in [-0.2, -0.15) is 0 Å². The van der Waals surface area contributed by atoms with E-state index in [4.69, 9.17) is 49.5 Å². The van der Waals surface area contributed by atoms with Crippen LogP contribution < -0.4 is 0 Å². The predicted molar refractivity (Wildman–Crippen MR) is 400 cm³/mol. The van der Waals surface area contributed by atoms with Gasteiger partial charge in [-0.05, 0) is 195 Å². The Morgan fingerprint density at radius 1 is 0.431 bits per heavy atom. The Morgan fingerprint density at radius 3 is 1.26 bits per heavy atom. The monoisotopic (exact) mass is 1410 g/mol. The van der Waals surface area contributed by atoms with Gasteiger partial charge in [0.15, 0.2) is 16.9 Å². The average molecular weight is 1410 g/mol. The van der Waals surface area contributed by atoms with Gasteiger partial charge in [-0.25, -0.2) is 43.1 Å². The molecule has 3 aliphatic heterocycles. The SMILES string of the molecule is CN(C)CCCC1N=CC(c2cncc(-c3cc(-c4cc(Cl)ccc4F)nc4ncccc34)c2)=N1.Fc1ccc(Cl)cc1-c1cc(-c2cncc(-c3ccncc3)c2)c2cccnc2n1.Fc1ccc(Cl)cc1-c1cc(-c2cncc(C3=NC(CCN4CCOCC4)N=C3)c2)c2cccnc2n1. The average Bonchev–Trinajstić information content (AvgIpc) is 0.926. The summed E-state index contributed by atoms with van der Waals surface area (Å²) in [5, 5.41) is 3.87. The number of morpholine rings is 1. The van der Waals surface area contributed by atoms with Crippen LogP contribution >= 0.6 is 34.8 Å². The van der Waals surface area contributed by atoms with Crippen molar-refractivity contribution in [1.82, 2.24) is 59.6 Å². The molecule has 13 aromatic rings. The molecule has 0 bridgehead atoms. The summed E-state index contributed by atoms with van der Waals surface area (Å²) < 4.78 is 49.3. The van der Waals surface area contributed by atoms with Crippen LogP contribution in [0.2, 0.25) is 15.1 Å². The Hall–Kier alpha value is -10.8. The third-order valence-corrected chi connectivity index (χ3v) is 18.0. The second-order valence-electron chi connectivity index (χ2n) is 24.5. The van der Waals surface area contributed by atoms with Crippen molar-refractivity contribution in [2.45, 2.75) is 31.6 Å². The van der Waals surface area contributed by atoms with Crippen molar-refractivity contribution in [1.29, 1.82) is 0 Å². The molecular formula is C79H62Cl3F3N16O. The van der Waals surface area contributed by atoms with E-state index >= 15 is 0 Å². The summed E-state index contributed by atoms with van der Waals surface area (Å²) >= 11 is 18.4. The Bertz CT molecular complexity index is 5390. The highest BCUT2D eigenvalue weighted by atomic mass is 35.5. The summed E-state index contributed by atoms with van der Waals surface area (Å²) in [6.45, 7) is 5.42. The van der Waals surface area contributed by atoms with Crippen LogP contribution in [-0.4, -0.2) is 149 Å². The zero-order chi connectivity index (χ0) is 70.1. The largest absolute Gasteiger partial charge is 0.379 e. The van der Waals surface area contributed by atoms with E-state index in [0.29, 0.717) is 65.8 Å².